The van der Waals surface area contributed by atoms with Crippen molar-refractivity contribution in [1.82, 2.24) is 10.2 Å². The molecule has 0 radical (unpaired) electrons. The summed E-state index contributed by atoms with van der Waals surface area (Å²) >= 11 is 0. The maximum absolute atomic E-state index is 11.5. The molecule has 2 amide bonds. The van der Waals surface area contributed by atoms with E-state index < -0.39 is 24.0 Å². The number of esters is 1. The zero-order valence-corrected chi connectivity index (χ0v) is 9.47. The third-order valence-electron chi connectivity index (χ3n) is 2.14. The average Bonchev–Trinajstić information content (AvgIpc) is 2.34. The minimum Gasteiger partial charge on any atom is -0.467 e. The van der Waals surface area contributed by atoms with E-state index in [4.69, 9.17) is 4.74 Å². The SMILES string of the molecule is C=CCOC(=O)N1CC(=O)N[C@@H](C(=O)OC)C1. The molecule has 0 unspecified atom stereocenters. The minimum absolute atomic E-state index is 0.0361. The first-order chi connectivity index (χ1) is 8.08. The number of hydrogen-bond donors (Lipinski definition) is 1. The van der Waals surface area contributed by atoms with Crippen molar-refractivity contribution in [2.75, 3.05) is 26.8 Å². The Labute approximate surface area is 98.3 Å². The van der Waals surface area contributed by atoms with Gasteiger partial charge in [-0.3, -0.25) is 9.69 Å². The predicted octanol–water partition coefficient (Wildman–Crippen LogP) is -0.718. The number of nitrogens with zero attached hydrogens (tertiary/aromatic N) is 1. The second-order valence-corrected chi connectivity index (χ2v) is 3.39. The normalized spacial score (nSPS) is 19.2. The number of hydrogen-bond acceptors (Lipinski definition) is 5. The molecule has 0 aliphatic carbocycles. The van der Waals surface area contributed by atoms with E-state index in [2.05, 4.69) is 16.6 Å². The van der Waals surface area contributed by atoms with Crippen LogP contribution in [0.3, 0.4) is 0 Å². The zero-order chi connectivity index (χ0) is 12.8. The molecule has 7 nitrogen and oxygen atoms in total. The van der Waals surface area contributed by atoms with E-state index in [0.717, 1.165) is 4.90 Å². The molecule has 1 saturated heterocycles. The summed E-state index contributed by atoms with van der Waals surface area (Å²) in [6, 6.07) is -0.850. The number of nitrogens with one attached hydrogen (secondary N) is 1. The van der Waals surface area contributed by atoms with Crippen molar-refractivity contribution in [2.45, 2.75) is 6.04 Å². The lowest BCUT2D eigenvalue weighted by Crippen LogP contribution is -2.58. The molecule has 0 spiro atoms. The van der Waals surface area contributed by atoms with Crippen molar-refractivity contribution in [3.05, 3.63) is 12.7 Å². The highest BCUT2D eigenvalue weighted by Gasteiger charge is 2.33. The molecule has 7 heteroatoms. The Morgan fingerprint density at radius 2 is 2.35 bits per heavy atom. The molecule has 0 aromatic rings. The van der Waals surface area contributed by atoms with E-state index in [1.54, 1.807) is 0 Å². The summed E-state index contributed by atoms with van der Waals surface area (Å²) < 4.78 is 9.28. The van der Waals surface area contributed by atoms with Gasteiger partial charge in [0.25, 0.3) is 0 Å². The first-order valence-electron chi connectivity index (χ1n) is 4.98. The largest absolute Gasteiger partial charge is 0.467 e. The summed E-state index contributed by atoms with van der Waals surface area (Å²) in [5, 5.41) is 2.42. The number of carbonyl (C=O) groups is 3. The van der Waals surface area contributed by atoms with E-state index in [1.165, 1.54) is 13.2 Å². The Morgan fingerprint density at radius 1 is 1.65 bits per heavy atom. The van der Waals surface area contributed by atoms with Crippen LogP contribution >= 0.6 is 0 Å². The smallest absolute Gasteiger partial charge is 0.410 e. The van der Waals surface area contributed by atoms with Crippen LogP contribution in [0.5, 0.6) is 0 Å². The second kappa shape index (κ2) is 5.88. The van der Waals surface area contributed by atoms with Gasteiger partial charge in [0.1, 0.15) is 19.2 Å². The fraction of sp³-hybridized carbons (Fsp3) is 0.500. The van der Waals surface area contributed by atoms with Crippen LogP contribution in [0.2, 0.25) is 0 Å². The Kier molecular flexibility index (Phi) is 4.50. The van der Waals surface area contributed by atoms with Crippen molar-refractivity contribution >= 4 is 18.0 Å². The van der Waals surface area contributed by atoms with Gasteiger partial charge in [0, 0.05) is 0 Å². The van der Waals surface area contributed by atoms with Crippen LogP contribution in [0.15, 0.2) is 12.7 Å². The van der Waals surface area contributed by atoms with E-state index in [0.29, 0.717) is 0 Å². The predicted molar refractivity (Wildman–Crippen MR) is 57.1 cm³/mol. The Morgan fingerprint density at radius 3 is 2.94 bits per heavy atom. The highest BCUT2D eigenvalue weighted by atomic mass is 16.6. The standard InChI is InChI=1S/C10H14N2O5/c1-3-4-17-10(15)12-5-7(9(14)16-2)11-8(13)6-12/h3,7H,1,4-6H2,2H3,(H,11,13)/t7-/m1/s1. The quantitative estimate of drug-likeness (QED) is 0.521. The van der Waals surface area contributed by atoms with E-state index in [-0.39, 0.29) is 19.7 Å². The number of piperazine rings is 1. The molecule has 1 aliphatic rings. The number of amides is 2. The summed E-state index contributed by atoms with van der Waals surface area (Å²) in [6.45, 7) is 3.36. The lowest BCUT2D eigenvalue weighted by atomic mass is 10.2. The first kappa shape index (κ1) is 13.0. The highest BCUT2D eigenvalue weighted by molar-refractivity contribution is 5.89. The molecule has 1 rings (SSSR count). The van der Waals surface area contributed by atoms with Gasteiger partial charge in [-0.05, 0) is 0 Å². The van der Waals surface area contributed by atoms with E-state index in [9.17, 15) is 14.4 Å². The second-order valence-electron chi connectivity index (χ2n) is 3.39. The Balaban J connectivity index is 2.61. The number of ether oxygens (including phenoxy) is 2. The van der Waals surface area contributed by atoms with Crippen LogP contribution in [0.4, 0.5) is 4.79 Å². The Bertz CT molecular complexity index is 342. The fourth-order valence-electron chi connectivity index (χ4n) is 1.38. The van der Waals surface area contributed by atoms with Gasteiger partial charge in [0.05, 0.1) is 13.7 Å². The average molecular weight is 242 g/mol. The maximum Gasteiger partial charge on any atom is 0.410 e. The van der Waals surface area contributed by atoms with Crippen LogP contribution in [0.1, 0.15) is 0 Å². The number of carbonyl (C=O) groups excluding carboxylic acids is 3. The fourth-order valence-corrected chi connectivity index (χ4v) is 1.38. The van der Waals surface area contributed by atoms with E-state index in [1.807, 2.05) is 0 Å². The summed E-state index contributed by atoms with van der Waals surface area (Å²) in [5.74, 6) is -1.03. The van der Waals surface area contributed by atoms with Gasteiger partial charge in [-0.15, -0.1) is 0 Å². The van der Waals surface area contributed by atoms with Crippen LogP contribution in [0, 0.1) is 0 Å². The molecule has 1 heterocycles. The summed E-state index contributed by atoms with van der Waals surface area (Å²) in [5.41, 5.74) is 0. The molecular formula is C10H14N2O5. The zero-order valence-electron chi connectivity index (χ0n) is 9.47. The summed E-state index contributed by atoms with van der Waals surface area (Å²) in [7, 11) is 1.21. The topological polar surface area (TPSA) is 84.9 Å². The van der Waals surface area contributed by atoms with Crippen LogP contribution in [-0.2, 0) is 19.1 Å². The van der Waals surface area contributed by atoms with Gasteiger partial charge in [0.15, 0.2) is 0 Å². The maximum atomic E-state index is 11.5. The molecule has 0 aromatic heterocycles. The molecule has 1 N–H and O–H groups in total. The van der Waals surface area contributed by atoms with E-state index >= 15 is 0 Å². The first-order valence-corrected chi connectivity index (χ1v) is 4.98. The third kappa shape index (κ3) is 3.47. The molecule has 1 aliphatic heterocycles. The molecular weight excluding hydrogens is 228 g/mol. The van der Waals surface area contributed by atoms with Crippen molar-refractivity contribution in [3.8, 4) is 0 Å². The summed E-state index contributed by atoms with van der Waals surface area (Å²) in [4.78, 5) is 35.2. The van der Waals surface area contributed by atoms with Crippen molar-refractivity contribution in [3.63, 3.8) is 0 Å². The Hall–Kier alpha value is -2.05. The van der Waals surface area contributed by atoms with Gasteiger partial charge >= 0.3 is 12.1 Å². The lowest BCUT2D eigenvalue weighted by molar-refractivity contribution is -0.147. The van der Waals surface area contributed by atoms with Crippen LogP contribution in [0.25, 0.3) is 0 Å². The molecule has 94 valence electrons. The monoisotopic (exact) mass is 242 g/mol. The number of rotatable bonds is 3. The van der Waals surface area contributed by atoms with Crippen molar-refractivity contribution in [1.29, 1.82) is 0 Å². The van der Waals surface area contributed by atoms with Crippen LogP contribution < -0.4 is 5.32 Å². The minimum atomic E-state index is -0.850. The van der Waals surface area contributed by atoms with Crippen LogP contribution in [-0.4, -0.2) is 55.7 Å². The van der Waals surface area contributed by atoms with Gasteiger partial charge < -0.3 is 14.8 Å². The molecule has 1 fully saturated rings. The highest BCUT2D eigenvalue weighted by Crippen LogP contribution is 2.04. The summed E-state index contributed by atoms with van der Waals surface area (Å²) in [6.07, 6.45) is 0.758. The molecule has 0 bridgehead atoms. The van der Waals surface area contributed by atoms with Crippen molar-refractivity contribution in [2.24, 2.45) is 0 Å². The number of methoxy groups -OCH3 is 1. The van der Waals surface area contributed by atoms with Gasteiger partial charge in [-0.1, -0.05) is 12.7 Å². The van der Waals surface area contributed by atoms with Crippen molar-refractivity contribution < 1.29 is 23.9 Å². The van der Waals surface area contributed by atoms with Gasteiger partial charge in [-0.2, -0.15) is 0 Å². The van der Waals surface area contributed by atoms with Gasteiger partial charge in [-0.25, -0.2) is 9.59 Å². The molecule has 1 atom stereocenters. The molecule has 0 saturated carbocycles. The van der Waals surface area contributed by atoms with Gasteiger partial charge in [0.2, 0.25) is 5.91 Å². The molecule has 17 heavy (non-hydrogen) atoms. The molecule has 0 aromatic carbocycles. The third-order valence-corrected chi connectivity index (χ3v) is 2.14. The lowest BCUT2D eigenvalue weighted by Gasteiger charge is -2.30.